The smallest absolute Gasteiger partial charge is 0.192 e. The average molecular weight is 287 g/mol. The van der Waals surface area contributed by atoms with Crippen LogP contribution >= 0.6 is 11.6 Å². The zero-order chi connectivity index (χ0) is 14.1. The van der Waals surface area contributed by atoms with E-state index >= 15 is 0 Å². The minimum atomic E-state index is 0.192. The van der Waals surface area contributed by atoms with E-state index in [1.54, 1.807) is 0 Å². The molecule has 0 aliphatic rings. The third kappa shape index (κ3) is 2.63. The summed E-state index contributed by atoms with van der Waals surface area (Å²) in [4.78, 5) is 4.34. The molecule has 0 saturated carbocycles. The summed E-state index contributed by atoms with van der Waals surface area (Å²) in [5.41, 5.74) is 3.89. The normalized spacial score (nSPS) is 12.6. The van der Waals surface area contributed by atoms with E-state index in [-0.39, 0.29) is 6.04 Å². The van der Waals surface area contributed by atoms with Crippen molar-refractivity contribution in [2.45, 2.75) is 19.9 Å². The summed E-state index contributed by atoms with van der Waals surface area (Å²) in [5.74, 6) is 0.683. The van der Waals surface area contributed by atoms with E-state index in [1.807, 2.05) is 49.4 Å². The molecule has 1 heterocycles. The number of halogens is 1. The summed E-state index contributed by atoms with van der Waals surface area (Å²) in [7, 11) is 0. The van der Waals surface area contributed by atoms with Crippen LogP contribution < -0.4 is 5.32 Å². The molecule has 20 heavy (non-hydrogen) atoms. The van der Waals surface area contributed by atoms with E-state index in [2.05, 4.69) is 17.2 Å². The molecular weight excluding hydrogens is 272 g/mol. The zero-order valence-electron chi connectivity index (χ0n) is 11.4. The van der Waals surface area contributed by atoms with Crippen molar-refractivity contribution >= 4 is 28.4 Å². The number of fused-ring (bicyclic) bond motifs is 1. The molecule has 0 bridgehead atoms. The summed E-state index contributed by atoms with van der Waals surface area (Å²) in [6.07, 6.45) is 0. The monoisotopic (exact) mass is 286 g/mol. The van der Waals surface area contributed by atoms with Crippen LogP contribution in [-0.4, -0.2) is 4.98 Å². The molecule has 0 aliphatic heterocycles. The molecule has 0 saturated heterocycles. The molecule has 1 N–H and O–H groups in total. The quantitative estimate of drug-likeness (QED) is 0.739. The Hall–Kier alpha value is -2.00. The van der Waals surface area contributed by atoms with Gasteiger partial charge in [0.25, 0.3) is 0 Å². The molecule has 3 nitrogen and oxygen atoms in total. The lowest BCUT2D eigenvalue weighted by molar-refractivity contribution is 0.561. The van der Waals surface area contributed by atoms with Crippen LogP contribution in [0.5, 0.6) is 0 Å². The van der Waals surface area contributed by atoms with Gasteiger partial charge in [0.2, 0.25) is 0 Å². The molecule has 3 aromatic rings. The Labute approximate surface area is 122 Å². The summed E-state index contributed by atoms with van der Waals surface area (Å²) in [5, 5.41) is 4.20. The predicted molar refractivity (Wildman–Crippen MR) is 82.2 cm³/mol. The molecule has 1 aromatic heterocycles. The molecule has 102 valence electrons. The summed E-state index contributed by atoms with van der Waals surface area (Å²) in [6.45, 7) is 3.96. The average Bonchev–Trinajstić information content (AvgIpc) is 2.78. The van der Waals surface area contributed by atoms with Gasteiger partial charge in [-0.05, 0) is 42.8 Å². The highest BCUT2D eigenvalue weighted by atomic mass is 35.5. The standard InChI is InChI=1S/C16H15ClN2O/c1-10(12-3-5-13(17)6-4-12)18-14-7-8-16-15(9-14)19-11(2)20-16/h3-10,18H,1-2H3. The molecule has 1 unspecified atom stereocenters. The highest BCUT2D eigenvalue weighted by molar-refractivity contribution is 6.30. The number of aromatic nitrogens is 1. The highest BCUT2D eigenvalue weighted by Crippen LogP contribution is 2.24. The van der Waals surface area contributed by atoms with Crippen LogP contribution in [0.2, 0.25) is 5.02 Å². The minimum absolute atomic E-state index is 0.192. The van der Waals surface area contributed by atoms with Gasteiger partial charge in [-0.2, -0.15) is 0 Å². The van der Waals surface area contributed by atoms with E-state index in [1.165, 1.54) is 5.56 Å². The van der Waals surface area contributed by atoms with Crippen LogP contribution in [0.15, 0.2) is 46.9 Å². The van der Waals surface area contributed by atoms with Crippen molar-refractivity contribution in [1.82, 2.24) is 4.98 Å². The van der Waals surface area contributed by atoms with Crippen molar-refractivity contribution in [3.8, 4) is 0 Å². The van der Waals surface area contributed by atoms with Crippen molar-refractivity contribution < 1.29 is 4.42 Å². The Bertz CT molecular complexity index is 734. The summed E-state index contributed by atoms with van der Waals surface area (Å²) >= 11 is 5.91. The Balaban J connectivity index is 1.82. The molecule has 3 rings (SSSR count). The molecule has 2 aromatic carbocycles. The maximum atomic E-state index is 5.91. The number of nitrogens with zero attached hydrogens (tertiary/aromatic N) is 1. The van der Waals surface area contributed by atoms with Crippen molar-refractivity contribution in [3.63, 3.8) is 0 Å². The Kier molecular flexibility index (Phi) is 3.36. The molecular formula is C16H15ClN2O. The fourth-order valence-electron chi connectivity index (χ4n) is 2.22. The predicted octanol–water partition coefficient (Wildman–Crippen LogP) is 4.96. The Morgan fingerprint density at radius 3 is 2.65 bits per heavy atom. The molecule has 1 atom stereocenters. The number of aryl methyl sites for hydroxylation is 1. The lowest BCUT2D eigenvalue weighted by atomic mass is 10.1. The lowest BCUT2D eigenvalue weighted by Crippen LogP contribution is -2.06. The van der Waals surface area contributed by atoms with Crippen LogP contribution in [0.1, 0.15) is 24.4 Å². The molecule has 0 amide bonds. The van der Waals surface area contributed by atoms with Crippen LogP contribution in [0, 0.1) is 6.92 Å². The second-order valence-electron chi connectivity index (χ2n) is 4.83. The number of benzene rings is 2. The van der Waals surface area contributed by atoms with Crippen LogP contribution in [-0.2, 0) is 0 Å². The van der Waals surface area contributed by atoms with E-state index < -0.39 is 0 Å². The number of hydrogen-bond acceptors (Lipinski definition) is 3. The van der Waals surface area contributed by atoms with Crippen LogP contribution in [0.25, 0.3) is 11.1 Å². The largest absolute Gasteiger partial charge is 0.441 e. The first-order valence-electron chi connectivity index (χ1n) is 6.51. The van der Waals surface area contributed by atoms with Gasteiger partial charge in [0, 0.05) is 23.7 Å². The number of nitrogens with one attached hydrogen (secondary N) is 1. The number of oxazole rings is 1. The Morgan fingerprint density at radius 1 is 1.15 bits per heavy atom. The molecule has 0 aliphatic carbocycles. The number of rotatable bonds is 3. The summed E-state index contributed by atoms with van der Waals surface area (Å²) < 4.78 is 5.47. The molecule has 4 heteroatoms. The summed E-state index contributed by atoms with van der Waals surface area (Å²) in [6, 6.07) is 14.0. The van der Waals surface area contributed by atoms with Crippen LogP contribution in [0.4, 0.5) is 5.69 Å². The fraction of sp³-hybridized carbons (Fsp3) is 0.188. The topological polar surface area (TPSA) is 38.1 Å². The van der Waals surface area contributed by atoms with Gasteiger partial charge in [0.15, 0.2) is 11.5 Å². The van der Waals surface area contributed by atoms with Gasteiger partial charge in [-0.15, -0.1) is 0 Å². The zero-order valence-corrected chi connectivity index (χ0v) is 12.1. The van der Waals surface area contributed by atoms with Gasteiger partial charge >= 0.3 is 0 Å². The van der Waals surface area contributed by atoms with Gasteiger partial charge in [0.1, 0.15) is 5.52 Å². The molecule has 0 radical (unpaired) electrons. The first kappa shape index (κ1) is 13.0. The van der Waals surface area contributed by atoms with Crippen molar-refractivity contribution in [2.24, 2.45) is 0 Å². The lowest BCUT2D eigenvalue weighted by Gasteiger charge is -2.15. The van der Waals surface area contributed by atoms with Crippen LogP contribution in [0.3, 0.4) is 0 Å². The van der Waals surface area contributed by atoms with E-state index in [0.29, 0.717) is 5.89 Å². The van der Waals surface area contributed by atoms with Gasteiger partial charge < -0.3 is 9.73 Å². The SMILES string of the molecule is Cc1nc2cc(NC(C)c3ccc(Cl)cc3)ccc2o1. The van der Waals surface area contributed by atoms with E-state index in [0.717, 1.165) is 21.8 Å². The minimum Gasteiger partial charge on any atom is -0.441 e. The van der Waals surface area contributed by atoms with Crippen molar-refractivity contribution in [3.05, 3.63) is 58.9 Å². The fourth-order valence-corrected chi connectivity index (χ4v) is 2.34. The first-order chi connectivity index (χ1) is 9.61. The van der Waals surface area contributed by atoms with Crippen molar-refractivity contribution in [1.29, 1.82) is 0 Å². The van der Waals surface area contributed by atoms with E-state index in [4.69, 9.17) is 16.0 Å². The highest BCUT2D eigenvalue weighted by Gasteiger charge is 2.07. The maximum absolute atomic E-state index is 5.91. The maximum Gasteiger partial charge on any atom is 0.192 e. The number of hydrogen-bond donors (Lipinski definition) is 1. The van der Waals surface area contributed by atoms with E-state index in [9.17, 15) is 0 Å². The van der Waals surface area contributed by atoms with Gasteiger partial charge in [-0.1, -0.05) is 23.7 Å². The third-order valence-corrected chi connectivity index (χ3v) is 3.50. The second kappa shape index (κ2) is 5.17. The van der Waals surface area contributed by atoms with Gasteiger partial charge in [0.05, 0.1) is 0 Å². The second-order valence-corrected chi connectivity index (χ2v) is 5.27. The third-order valence-electron chi connectivity index (χ3n) is 3.25. The molecule has 0 spiro atoms. The molecule has 0 fully saturated rings. The number of anilines is 1. The Morgan fingerprint density at radius 2 is 1.90 bits per heavy atom. The van der Waals surface area contributed by atoms with Gasteiger partial charge in [-0.3, -0.25) is 0 Å². The van der Waals surface area contributed by atoms with Gasteiger partial charge in [-0.25, -0.2) is 4.98 Å². The van der Waals surface area contributed by atoms with Crippen molar-refractivity contribution in [2.75, 3.05) is 5.32 Å². The first-order valence-corrected chi connectivity index (χ1v) is 6.89.